The first-order valence-corrected chi connectivity index (χ1v) is 6.72. The first kappa shape index (κ1) is 12.2. The monoisotopic (exact) mass is 257 g/mol. The van der Waals surface area contributed by atoms with Crippen LogP contribution in [0.5, 0.6) is 5.75 Å². The minimum Gasteiger partial charge on any atom is -0.486 e. The van der Waals surface area contributed by atoms with E-state index >= 15 is 0 Å². The number of nitrogens with zero attached hydrogens (tertiary/aromatic N) is 2. The lowest BCUT2D eigenvalue weighted by atomic mass is 10.1. The maximum Gasteiger partial charge on any atom is 0.157 e. The molecule has 0 bridgehead atoms. The van der Waals surface area contributed by atoms with Crippen LogP contribution in [0.2, 0.25) is 0 Å². The molecule has 1 aliphatic carbocycles. The van der Waals surface area contributed by atoms with E-state index in [1.54, 1.807) is 10.9 Å². The summed E-state index contributed by atoms with van der Waals surface area (Å²) in [7, 11) is 1.89. The molecule has 4 heteroatoms. The van der Waals surface area contributed by atoms with Gasteiger partial charge in [0.15, 0.2) is 5.75 Å². The van der Waals surface area contributed by atoms with Gasteiger partial charge >= 0.3 is 0 Å². The Bertz CT molecular complexity index is 546. The first-order chi connectivity index (χ1) is 9.29. The fourth-order valence-electron chi connectivity index (χ4n) is 2.02. The summed E-state index contributed by atoms with van der Waals surface area (Å²) in [5, 5.41) is 7.61. The average molecular weight is 257 g/mol. The van der Waals surface area contributed by atoms with E-state index in [0.29, 0.717) is 6.61 Å². The number of benzene rings is 1. The quantitative estimate of drug-likeness (QED) is 0.862. The molecule has 0 spiro atoms. The van der Waals surface area contributed by atoms with Crippen LogP contribution in [0.4, 0.5) is 0 Å². The van der Waals surface area contributed by atoms with Gasteiger partial charge in [-0.15, -0.1) is 0 Å². The molecule has 0 unspecified atom stereocenters. The highest BCUT2D eigenvalue weighted by atomic mass is 16.5. The highest BCUT2D eigenvalue weighted by Gasteiger charge is 2.19. The number of aromatic nitrogens is 2. The van der Waals surface area contributed by atoms with Gasteiger partial charge in [0.25, 0.3) is 0 Å². The Morgan fingerprint density at radius 3 is 2.95 bits per heavy atom. The summed E-state index contributed by atoms with van der Waals surface area (Å²) in [5.74, 6) is 0.809. The zero-order chi connectivity index (χ0) is 13.1. The summed E-state index contributed by atoms with van der Waals surface area (Å²) in [6.07, 6.45) is 6.25. The van der Waals surface area contributed by atoms with Gasteiger partial charge in [0.05, 0.1) is 12.4 Å². The van der Waals surface area contributed by atoms with Crippen molar-refractivity contribution >= 4 is 0 Å². The Kier molecular flexibility index (Phi) is 3.51. The highest BCUT2D eigenvalue weighted by Crippen LogP contribution is 2.19. The van der Waals surface area contributed by atoms with Crippen LogP contribution >= 0.6 is 0 Å². The van der Waals surface area contributed by atoms with Crippen LogP contribution in [0, 0.1) is 0 Å². The van der Waals surface area contributed by atoms with E-state index in [1.165, 1.54) is 24.0 Å². The van der Waals surface area contributed by atoms with Crippen molar-refractivity contribution < 1.29 is 4.74 Å². The maximum absolute atomic E-state index is 5.70. The fourth-order valence-corrected chi connectivity index (χ4v) is 2.02. The first-order valence-electron chi connectivity index (χ1n) is 6.72. The van der Waals surface area contributed by atoms with Crippen molar-refractivity contribution in [1.29, 1.82) is 0 Å². The van der Waals surface area contributed by atoms with Crippen LogP contribution in [0.15, 0.2) is 36.7 Å². The summed E-state index contributed by atoms with van der Waals surface area (Å²) >= 11 is 0. The lowest BCUT2D eigenvalue weighted by Crippen LogP contribution is -2.15. The van der Waals surface area contributed by atoms with Gasteiger partial charge in [-0.3, -0.25) is 4.68 Å². The smallest absolute Gasteiger partial charge is 0.157 e. The van der Waals surface area contributed by atoms with Crippen LogP contribution in [0.1, 0.15) is 24.0 Å². The van der Waals surface area contributed by atoms with Gasteiger partial charge < -0.3 is 10.1 Å². The molecule has 1 aromatic heterocycles. The van der Waals surface area contributed by atoms with Crippen molar-refractivity contribution in [3.63, 3.8) is 0 Å². The summed E-state index contributed by atoms with van der Waals surface area (Å²) < 4.78 is 7.44. The molecule has 0 radical (unpaired) electrons. The zero-order valence-electron chi connectivity index (χ0n) is 11.2. The van der Waals surface area contributed by atoms with Crippen molar-refractivity contribution in [3.05, 3.63) is 47.8 Å². The highest BCUT2D eigenvalue weighted by molar-refractivity contribution is 5.24. The molecule has 0 aliphatic heterocycles. The predicted molar refractivity (Wildman–Crippen MR) is 73.8 cm³/mol. The van der Waals surface area contributed by atoms with E-state index in [1.807, 2.05) is 13.2 Å². The van der Waals surface area contributed by atoms with E-state index in [2.05, 4.69) is 34.7 Å². The molecular formula is C15H19N3O. The van der Waals surface area contributed by atoms with Crippen molar-refractivity contribution in [2.24, 2.45) is 7.05 Å². The van der Waals surface area contributed by atoms with Crippen molar-refractivity contribution in [2.45, 2.75) is 32.0 Å². The van der Waals surface area contributed by atoms with E-state index in [0.717, 1.165) is 18.3 Å². The maximum atomic E-state index is 5.70. The third kappa shape index (κ3) is 3.58. The molecular weight excluding hydrogens is 238 g/mol. The largest absolute Gasteiger partial charge is 0.486 e. The van der Waals surface area contributed by atoms with Gasteiger partial charge in [-0.2, -0.15) is 5.10 Å². The molecule has 1 N–H and O–H groups in total. The number of ether oxygens (including phenoxy) is 1. The molecule has 1 aliphatic rings. The topological polar surface area (TPSA) is 39.1 Å². The molecule has 1 saturated carbocycles. The molecule has 0 atom stereocenters. The lowest BCUT2D eigenvalue weighted by Gasteiger charge is -2.07. The minimum absolute atomic E-state index is 0.586. The van der Waals surface area contributed by atoms with Crippen molar-refractivity contribution in [1.82, 2.24) is 15.1 Å². The Labute approximate surface area is 113 Å². The van der Waals surface area contributed by atoms with Crippen LogP contribution in [0.25, 0.3) is 0 Å². The van der Waals surface area contributed by atoms with Crippen molar-refractivity contribution in [2.75, 3.05) is 0 Å². The van der Waals surface area contributed by atoms with E-state index in [-0.39, 0.29) is 0 Å². The zero-order valence-corrected chi connectivity index (χ0v) is 11.2. The van der Waals surface area contributed by atoms with Gasteiger partial charge in [0, 0.05) is 19.6 Å². The Hall–Kier alpha value is -1.81. The molecule has 100 valence electrons. The second-order valence-electron chi connectivity index (χ2n) is 5.11. The lowest BCUT2D eigenvalue weighted by molar-refractivity contribution is 0.306. The fraction of sp³-hybridized carbons (Fsp3) is 0.400. The summed E-state index contributed by atoms with van der Waals surface area (Å²) in [6.45, 7) is 1.54. The number of nitrogens with one attached hydrogen (secondary N) is 1. The summed E-state index contributed by atoms with van der Waals surface area (Å²) in [4.78, 5) is 0. The number of aryl methyl sites for hydroxylation is 1. The SMILES string of the molecule is Cn1cc(OCc2cccc(CNC3CC3)c2)cn1. The molecule has 19 heavy (non-hydrogen) atoms. The number of hydrogen-bond donors (Lipinski definition) is 1. The molecule has 1 aromatic carbocycles. The van der Waals surface area contributed by atoms with Crippen LogP contribution in [-0.2, 0) is 20.2 Å². The Morgan fingerprint density at radius 2 is 2.21 bits per heavy atom. The molecule has 0 amide bonds. The van der Waals surface area contributed by atoms with E-state index in [4.69, 9.17) is 4.74 Å². The van der Waals surface area contributed by atoms with Crippen LogP contribution < -0.4 is 10.1 Å². The Morgan fingerprint density at radius 1 is 1.37 bits per heavy atom. The molecule has 4 nitrogen and oxygen atoms in total. The Balaban J connectivity index is 1.55. The van der Waals surface area contributed by atoms with Gasteiger partial charge in [-0.05, 0) is 24.0 Å². The molecule has 3 rings (SSSR count). The van der Waals surface area contributed by atoms with Gasteiger partial charge in [0.2, 0.25) is 0 Å². The average Bonchev–Trinajstić information content (AvgIpc) is 3.16. The van der Waals surface area contributed by atoms with Crippen molar-refractivity contribution in [3.8, 4) is 5.75 Å². The third-order valence-electron chi connectivity index (χ3n) is 3.25. The molecule has 1 fully saturated rings. The van der Waals surface area contributed by atoms with Gasteiger partial charge in [-0.1, -0.05) is 24.3 Å². The summed E-state index contributed by atoms with van der Waals surface area (Å²) in [6, 6.07) is 9.28. The van der Waals surface area contributed by atoms with E-state index in [9.17, 15) is 0 Å². The van der Waals surface area contributed by atoms with Gasteiger partial charge in [-0.25, -0.2) is 0 Å². The molecule has 2 aromatic rings. The van der Waals surface area contributed by atoms with E-state index < -0.39 is 0 Å². The molecule has 1 heterocycles. The normalized spacial score (nSPS) is 14.6. The van der Waals surface area contributed by atoms with Crippen LogP contribution in [0.3, 0.4) is 0 Å². The number of rotatable bonds is 6. The van der Waals surface area contributed by atoms with Crippen LogP contribution in [-0.4, -0.2) is 15.8 Å². The summed E-state index contributed by atoms with van der Waals surface area (Å²) in [5.41, 5.74) is 2.51. The third-order valence-corrected chi connectivity index (χ3v) is 3.25. The predicted octanol–water partition coefficient (Wildman–Crippen LogP) is 2.25. The second kappa shape index (κ2) is 5.45. The standard InChI is InChI=1S/C15H19N3O/c1-18-10-15(9-17-18)19-11-13-4-2-3-12(7-13)8-16-14-5-6-14/h2-4,7,9-10,14,16H,5-6,8,11H2,1H3. The molecule has 0 saturated heterocycles. The second-order valence-corrected chi connectivity index (χ2v) is 5.11. The minimum atomic E-state index is 0.586. The number of hydrogen-bond acceptors (Lipinski definition) is 3. The van der Waals surface area contributed by atoms with Gasteiger partial charge in [0.1, 0.15) is 6.61 Å².